The Hall–Kier alpha value is -2.29. The molecule has 1 aliphatic rings. The molecule has 2 atom stereocenters. The van der Waals surface area contributed by atoms with Crippen molar-refractivity contribution in [3.63, 3.8) is 0 Å². The van der Waals surface area contributed by atoms with E-state index in [2.05, 4.69) is 10.1 Å². The Bertz CT molecular complexity index is 871. The topological polar surface area (TPSA) is 60.0 Å². The van der Waals surface area contributed by atoms with E-state index in [1.54, 1.807) is 13.2 Å². The lowest BCUT2D eigenvalue weighted by Gasteiger charge is -2.36. The third-order valence-electron chi connectivity index (χ3n) is 5.09. The van der Waals surface area contributed by atoms with Crippen molar-refractivity contribution in [3.8, 4) is 11.5 Å². The van der Waals surface area contributed by atoms with Gasteiger partial charge in [0.25, 0.3) is 0 Å². The van der Waals surface area contributed by atoms with Crippen molar-refractivity contribution in [2.75, 3.05) is 20.8 Å². The number of nitrogens with one attached hydrogen (secondary N) is 1. The summed E-state index contributed by atoms with van der Waals surface area (Å²) in [5.41, 5.74) is 1.06. The summed E-state index contributed by atoms with van der Waals surface area (Å²) >= 11 is 0. The average Bonchev–Trinajstić information content (AvgIpc) is 2.66. The molecule has 0 bridgehead atoms. The molecule has 0 fully saturated rings. The number of ether oxygens (including phenoxy) is 3. The van der Waals surface area contributed by atoms with Gasteiger partial charge in [0.15, 0.2) is 0 Å². The zero-order valence-corrected chi connectivity index (χ0v) is 16.5. The van der Waals surface area contributed by atoms with Crippen LogP contribution in [0.1, 0.15) is 29.2 Å². The number of rotatable bonds is 6. The van der Waals surface area contributed by atoms with E-state index in [1.807, 2.05) is 19.1 Å². The van der Waals surface area contributed by atoms with E-state index in [-0.39, 0.29) is 18.4 Å². The Kier molecular flexibility index (Phi) is 6.07. The number of hydrogen-bond acceptors (Lipinski definition) is 5. The van der Waals surface area contributed by atoms with Gasteiger partial charge >= 0.3 is 6.36 Å². The standard InChI is InChI=1S/C21H24F3NO4/c1-13(27-2)8-14-4-7-19(28-3)18(9-14)20(26)12-25-11-15-10-16(5-6-17(15)20)29-21(22,23)24/h4-7,9-10,13,25-26H,8,11-12H2,1-3H3. The largest absolute Gasteiger partial charge is 0.573 e. The van der Waals surface area contributed by atoms with E-state index >= 15 is 0 Å². The second kappa shape index (κ2) is 8.22. The zero-order chi connectivity index (χ0) is 21.2. The van der Waals surface area contributed by atoms with E-state index < -0.39 is 12.0 Å². The lowest BCUT2D eigenvalue weighted by Crippen LogP contribution is -2.44. The van der Waals surface area contributed by atoms with Crippen LogP contribution < -0.4 is 14.8 Å². The quantitative estimate of drug-likeness (QED) is 0.762. The number of hydrogen-bond donors (Lipinski definition) is 2. The van der Waals surface area contributed by atoms with E-state index in [9.17, 15) is 18.3 Å². The Morgan fingerprint density at radius 3 is 2.55 bits per heavy atom. The molecule has 3 rings (SSSR count). The molecule has 0 amide bonds. The number of fused-ring (bicyclic) bond motifs is 1. The third-order valence-corrected chi connectivity index (χ3v) is 5.09. The minimum absolute atomic E-state index is 0.00951. The van der Waals surface area contributed by atoms with Crippen LogP contribution in [-0.2, 0) is 23.3 Å². The molecule has 2 unspecified atom stereocenters. The van der Waals surface area contributed by atoms with Crippen molar-refractivity contribution in [1.82, 2.24) is 5.32 Å². The van der Waals surface area contributed by atoms with Crippen LogP contribution in [0.4, 0.5) is 13.2 Å². The van der Waals surface area contributed by atoms with Crippen LogP contribution in [0.15, 0.2) is 36.4 Å². The van der Waals surface area contributed by atoms with Crippen LogP contribution in [0.5, 0.6) is 11.5 Å². The summed E-state index contributed by atoms with van der Waals surface area (Å²) in [5.74, 6) is 0.170. The summed E-state index contributed by atoms with van der Waals surface area (Å²) in [6.07, 6.45) is -4.14. The van der Waals surface area contributed by atoms with E-state index in [4.69, 9.17) is 9.47 Å². The Balaban J connectivity index is 2.04. The minimum atomic E-state index is -4.78. The molecule has 0 aromatic heterocycles. The summed E-state index contributed by atoms with van der Waals surface area (Å²) in [6, 6.07) is 9.51. The number of alkyl halides is 3. The normalized spacial score (nSPS) is 20.1. The third kappa shape index (κ3) is 4.66. The van der Waals surface area contributed by atoms with Gasteiger partial charge in [0.1, 0.15) is 17.1 Å². The van der Waals surface area contributed by atoms with Gasteiger partial charge in [-0.05, 0) is 54.3 Å². The molecule has 2 N–H and O–H groups in total. The van der Waals surface area contributed by atoms with Crippen molar-refractivity contribution in [2.45, 2.75) is 38.0 Å². The number of halogens is 3. The van der Waals surface area contributed by atoms with Crippen LogP contribution in [0.25, 0.3) is 0 Å². The van der Waals surface area contributed by atoms with Crippen LogP contribution in [0, 0.1) is 0 Å². The van der Waals surface area contributed by atoms with Gasteiger partial charge in [-0.15, -0.1) is 13.2 Å². The van der Waals surface area contributed by atoms with Crippen LogP contribution >= 0.6 is 0 Å². The number of β-amino-alcohol motifs (C(OH)–C–C–N with tert-alkyl or cyclic N) is 1. The molecule has 5 nitrogen and oxygen atoms in total. The molecule has 0 spiro atoms. The molecule has 1 heterocycles. The second-order valence-electron chi connectivity index (χ2n) is 7.12. The lowest BCUT2D eigenvalue weighted by molar-refractivity contribution is -0.274. The van der Waals surface area contributed by atoms with Gasteiger partial charge in [0, 0.05) is 25.8 Å². The maximum Gasteiger partial charge on any atom is 0.573 e. The summed E-state index contributed by atoms with van der Waals surface area (Å²) in [6.45, 7) is 2.45. The molecule has 0 aliphatic carbocycles. The molecule has 29 heavy (non-hydrogen) atoms. The van der Waals surface area contributed by atoms with E-state index in [0.717, 1.165) is 5.56 Å². The molecular formula is C21H24F3NO4. The van der Waals surface area contributed by atoms with Crippen molar-refractivity contribution in [2.24, 2.45) is 0 Å². The predicted molar refractivity (Wildman–Crippen MR) is 101 cm³/mol. The Labute approximate surface area is 167 Å². The maximum absolute atomic E-state index is 12.6. The molecule has 0 radical (unpaired) electrons. The highest BCUT2D eigenvalue weighted by atomic mass is 19.4. The molecular weight excluding hydrogens is 387 g/mol. The van der Waals surface area contributed by atoms with Gasteiger partial charge in [-0.2, -0.15) is 0 Å². The summed E-state index contributed by atoms with van der Waals surface area (Å²) in [5, 5.41) is 14.7. The predicted octanol–water partition coefficient (Wildman–Crippen LogP) is 3.51. The van der Waals surface area contributed by atoms with Crippen molar-refractivity contribution >= 4 is 0 Å². The molecule has 0 saturated heterocycles. The van der Waals surface area contributed by atoms with Gasteiger partial charge in [0.05, 0.1) is 13.2 Å². The monoisotopic (exact) mass is 411 g/mol. The van der Waals surface area contributed by atoms with Crippen LogP contribution in [-0.4, -0.2) is 38.3 Å². The first-order valence-corrected chi connectivity index (χ1v) is 9.18. The van der Waals surface area contributed by atoms with Gasteiger partial charge < -0.3 is 24.6 Å². The van der Waals surface area contributed by atoms with Crippen molar-refractivity contribution in [3.05, 3.63) is 58.7 Å². The molecule has 8 heteroatoms. The first kappa shape index (κ1) is 21.4. The van der Waals surface area contributed by atoms with Crippen molar-refractivity contribution < 1.29 is 32.5 Å². The highest BCUT2D eigenvalue weighted by molar-refractivity contribution is 5.52. The number of benzene rings is 2. The molecule has 158 valence electrons. The fourth-order valence-corrected chi connectivity index (χ4v) is 3.65. The van der Waals surface area contributed by atoms with E-state index in [1.165, 1.54) is 25.3 Å². The highest BCUT2D eigenvalue weighted by Crippen LogP contribution is 2.41. The average molecular weight is 411 g/mol. The first-order chi connectivity index (χ1) is 13.7. The molecule has 0 saturated carbocycles. The Morgan fingerprint density at radius 2 is 1.90 bits per heavy atom. The smallest absolute Gasteiger partial charge is 0.496 e. The van der Waals surface area contributed by atoms with E-state index in [0.29, 0.717) is 35.4 Å². The lowest BCUT2D eigenvalue weighted by atomic mass is 9.80. The highest BCUT2D eigenvalue weighted by Gasteiger charge is 2.39. The molecule has 2 aromatic rings. The Morgan fingerprint density at radius 1 is 1.14 bits per heavy atom. The van der Waals surface area contributed by atoms with Gasteiger partial charge in [-0.25, -0.2) is 0 Å². The summed E-state index contributed by atoms with van der Waals surface area (Å²) in [4.78, 5) is 0. The fraction of sp³-hybridized carbons (Fsp3) is 0.429. The zero-order valence-electron chi connectivity index (χ0n) is 16.5. The summed E-state index contributed by atoms with van der Waals surface area (Å²) in [7, 11) is 3.14. The van der Waals surface area contributed by atoms with Crippen LogP contribution in [0.3, 0.4) is 0 Å². The van der Waals surface area contributed by atoms with Gasteiger partial charge in [0.2, 0.25) is 0 Å². The van der Waals surface area contributed by atoms with Gasteiger partial charge in [-0.3, -0.25) is 0 Å². The molecule has 2 aromatic carbocycles. The first-order valence-electron chi connectivity index (χ1n) is 9.18. The maximum atomic E-state index is 12.6. The number of aliphatic hydroxyl groups is 1. The van der Waals surface area contributed by atoms with Crippen molar-refractivity contribution in [1.29, 1.82) is 0 Å². The SMILES string of the molecule is COc1ccc(CC(C)OC)cc1C1(O)CNCc2cc(OC(F)(F)F)ccc21. The minimum Gasteiger partial charge on any atom is -0.496 e. The fourth-order valence-electron chi connectivity index (χ4n) is 3.65. The second-order valence-corrected chi connectivity index (χ2v) is 7.12. The molecule has 1 aliphatic heterocycles. The number of methoxy groups -OCH3 is 2. The van der Waals surface area contributed by atoms with Gasteiger partial charge in [-0.1, -0.05) is 12.1 Å². The van der Waals surface area contributed by atoms with Crippen LogP contribution in [0.2, 0.25) is 0 Å². The summed E-state index contributed by atoms with van der Waals surface area (Å²) < 4.78 is 52.5.